The Labute approximate surface area is 126 Å². The number of rotatable bonds is 3. The van der Waals surface area contributed by atoms with Crippen molar-refractivity contribution >= 4 is 23.9 Å². The Balaban J connectivity index is 2.19. The lowest BCUT2D eigenvalue weighted by molar-refractivity contribution is 0.0946. The number of carbonyl (C=O) groups is 1. The van der Waals surface area contributed by atoms with Crippen molar-refractivity contribution in [3.05, 3.63) is 59.7 Å². The van der Waals surface area contributed by atoms with Crippen LogP contribution >= 0.6 is 7.49 Å². The molecule has 21 heavy (non-hydrogen) atoms. The van der Waals surface area contributed by atoms with Crippen LogP contribution in [0.15, 0.2) is 48.5 Å². The molecule has 0 heterocycles. The van der Waals surface area contributed by atoms with E-state index >= 15 is 0 Å². The fraction of sp³-hybridized carbons (Fsp3) is 0.278. The molecule has 3 rings (SSSR count). The first kappa shape index (κ1) is 14.4. The van der Waals surface area contributed by atoms with Crippen molar-refractivity contribution in [2.45, 2.75) is 13.3 Å². The van der Waals surface area contributed by atoms with E-state index in [1.165, 1.54) is 16.2 Å². The Morgan fingerprint density at radius 1 is 1.10 bits per heavy atom. The van der Waals surface area contributed by atoms with Crippen LogP contribution in [-0.2, 0) is 10.9 Å². The summed E-state index contributed by atoms with van der Waals surface area (Å²) in [6.07, 6.45) is 0.829. The highest BCUT2D eigenvalue weighted by Gasteiger charge is 2.43. The van der Waals surface area contributed by atoms with Gasteiger partial charge in [-0.25, -0.2) is 4.52 Å². The van der Waals surface area contributed by atoms with Crippen LogP contribution in [0.4, 0.5) is 0 Å². The van der Waals surface area contributed by atoms with Crippen molar-refractivity contribution in [1.82, 2.24) is 0 Å². The zero-order valence-electron chi connectivity index (χ0n) is 12.7. The van der Waals surface area contributed by atoms with E-state index in [0.29, 0.717) is 0 Å². The molecule has 0 saturated carbocycles. The maximum absolute atomic E-state index is 12.3. The summed E-state index contributed by atoms with van der Waals surface area (Å²) in [5.41, 5.74) is 2.08. The Kier molecular flexibility index (Phi) is 3.69. The summed E-state index contributed by atoms with van der Waals surface area (Å²) in [5, 5.41) is 2.43. The lowest BCUT2D eigenvalue weighted by Crippen LogP contribution is -2.25. The Hall–Kier alpha value is -1.50. The quantitative estimate of drug-likeness (QED) is 0.813. The zero-order chi connectivity index (χ0) is 15.0. The van der Waals surface area contributed by atoms with Gasteiger partial charge in [0.05, 0.1) is 13.8 Å². The van der Waals surface area contributed by atoms with Crippen LogP contribution in [0.1, 0.15) is 22.8 Å². The SMILES string of the molecule is CO[P+](C)(c1ccccc1)c1cccc2c1CC(C)C2=O. The molecule has 2 atom stereocenters. The summed E-state index contributed by atoms with van der Waals surface area (Å²) in [6.45, 7) is 4.20. The van der Waals surface area contributed by atoms with Gasteiger partial charge in [0.25, 0.3) is 0 Å². The Bertz CT molecular complexity index is 681. The topological polar surface area (TPSA) is 26.3 Å². The van der Waals surface area contributed by atoms with Gasteiger partial charge in [-0.2, -0.15) is 0 Å². The molecule has 0 spiro atoms. The number of carbonyl (C=O) groups excluding carboxylic acids is 1. The van der Waals surface area contributed by atoms with Gasteiger partial charge in [0.2, 0.25) is 7.49 Å². The molecule has 2 unspecified atom stereocenters. The van der Waals surface area contributed by atoms with Gasteiger partial charge >= 0.3 is 0 Å². The van der Waals surface area contributed by atoms with Crippen LogP contribution in [0, 0.1) is 5.92 Å². The molecule has 0 aliphatic heterocycles. The van der Waals surface area contributed by atoms with Gasteiger partial charge in [0.15, 0.2) is 5.78 Å². The molecular weight excluding hydrogens is 279 g/mol. The lowest BCUT2D eigenvalue weighted by atomic mass is 10.1. The molecule has 2 aromatic carbocycles. The van der Waals surface area contributed by atoms with Crippen LogP contribution in [0.25, 0.3) is 0 Å². The largest absolute Gasteiger partial charge is 0.294 e. The minimum atomic E-state index is -1.90. The van der Waals surface area contributed by atoms with E-state index in [0.717, 1.165) is 12.0 Å². The highest BCUT2D eigenvalue weighted by molar-refractivity contribution is 7.84. The summed E-state index contributed by atoms with van der Waals surface area (Å²) in [7, 11) is -0.123. The van der Waals surface area contributed by atoms with E-state index in [1.807, 2.05) is 37.3 Å². The van der Waals surface area contributed by atoms with Crippen LogP contribution in [0.3, 0.4) is 0 Å². The Morgan fingerprint density at radius 2 is 1.81 bits per heavy atom. The van der Waals surface area contributed by atoms with Crippen LogP contribution < -0.4 is 10.6 Å². The standard InChI is InChI=1S/C18H20O2P/c1-13-12-16-15(18(13)19)10-7-11-17(16)21(3,20-2)14-8-5-4-6-9-14/h4-11,13H,12H2,1-3H3/q+1. The molecule has 0 amide bonds. The molecule has 0 saturated heterocycles. The number of ketones is 1. The maximum Gasteiger partial charge on any atom is 0.207 e. The minimum Gasteiger partial charge on any atom is -0.294 e. The molecule has 108 valence electrons. The molecule has 0 N–H and O–H groups in total. The summed E-state index contributed by atoms with van der Waals surface area (Å²) < 4.78 is 6.01. The first-order chi connectivity index (χ1) is 10.1. The monoisotopic (exact) mass is 299 g/mol. The van der Waals surface area contributed by atoms with Gasteiger partial charge in [0.1, 0.15) is 10.6 Å². The maximum atomic E-state index is 12.3. The molecule has 2 nitrogen and oxygen atoms in total. The van der Waals surface area contributed by atoms with Gasteiger partial charge in [-0.05, 0) is 24.6 Å². The molecule has 2 aromatic rings. The fourth-order valence-corrected chi connectivity index (χ4v) is 5.66. The first-order valence-corrected chi connectivity index (χ1v) is 9.38. The average Bonchev–Trinajstić information content (AvgIpc) is 2.82. The number of fused-ring (bicyclic) bond motifs is 1. The van der Waals surface area contributed by atoms with Gasteiger partial charge in [0, 0.05) is 17.0 Å². The summed E-state index contributed by atoms with van der Waals surface area (Å²) >= 11 is 0. The van der Waals surface area contributed by atoms with E-state index in [2.05, 4.69) is 24.9 Å². The third-order valence-electron chi connectivity index (χ3n) is 4.45. The van der Waals surface area contributed by atoms with Gasteiger partial charge in [-0.15, -0.1) is 0 Å². The third kappa shape index (κ3) is 2.23. The van der Waals surface area contributed by atoms with Crippen molar-refractivity contribution in [3.63, 3.8) is 0 Å². The van der Waals surface area contributed by atoms with Crippen molar-refractivity contribution < 1.29 is 9.32 Å². The number of Topliss-reactive ketones (excluding diaryl/α,β-unsaturated/α-hetero) is 1. The number of benzene rings is 2. The van der Waals surface area contributed by atoms with E-state index in [-0.39, 0.29) is 11.7 Å². The minimum absolute atomic E-state index is 0.0854. The lowest BCUT2D eigenvalue weighted by Gasteiger charge is -2.21. The van der Waals surface area contributed by atoms with Gasteiger partial charge < -0.3 is 0 Å². The number of hydrogen-bond donors (Lipinski definition) is 0. The molecular formula is C18H20O2P+. The van der Waals surface area contributed by atoms with E-state index < -0.39 is 7.49 Å². The van der Waals surface area contributed by atoms with E-state index in [4.69, 9.17) is 4.52 Å². The van der Waals surface area contributed by atoms with Crippen molar-refractivity contribution in [2.24, 2.45) is 5.92 Å². The van der Waals surface area contributed by atoms with Gasteiger partial charge in [-0.1, -0.05) is 37.3 Å². The number of hydrogen-bond acceptors (Lipinski definition) is 2. The van der Waals surface area contributed by atoms with E-state index in [1.54, 1.807) is 7.11 Å². The second-order valence-electron chi connectivity index (χ2n) is 5.71. The molecule has 1 aliphatic carbocycles. The fourth-order valence-electron chi connectivity index (χ4n) is 3.14. The average molecular weight is 299 g/mol. The highest BCUT2D eigenvalue weighted by atomic mass is 31.2. The van der Waals surface area contributed by atoms with Crippen LogP contribution in [0.2, 0.25) is 0 Å². The molecule has 0 aromatic heterocycles. The summed E-state index contributed by atoms with van der Waals surface area (Å²) in [5.74, 6) is 0.352. The zero-order valence-corrected chi connectivity index (χ0v) is 13.6. The van der Waals surface area contributed by atoms with Crippen molar-refractivity contribution in [2.75, 3.05) is 13.8 Å². The van der Waals surface area contributed by atoms with Crippen molar-refractivity contribution in [1.29, 1.82) is 0 Å². The second-order valence-corrected chi connectivity index (χ2v) is 8.93. The third-order valence-corrected chi connectivity index (χ3v) is 7.80. The van der Waals surface area contributed by atoms with Crippen molar-refractivity contribution in [3.8, 4) is 0 Å². The predicted octanol–water partition coefficient (Wildman–Crippen LogP) is 3.22. The highest BCUT2D eigenvalue weighted by Crippen LogP contribution is 2.54. The first-order valence-electron chi connectivity index (χ1n) is 7.22. The molecule has 0 radical (unpaired) electrons. The summed E-state index contributed by atoms with van der Waals surface area (Å²) in [4.78, 5) is 12.3. The Morgan fingerprint density at radius 3 is 2.48 bits per heavy atom. The van der Waals surface area contributed by atoms with Crippen LogP contribution in [0.5, 0.6) is 0 Å². The smallest absolute Gasteiger partial charge is 0.207 e. The predicted molar refractivity (Wildman–Crippen MR) is 89.2 cm³/mol. The van der Waals surface area contributed by atoms with Gasteiger partial charge in [-0.3, -0.25) is 4.79 Å². The van der Waals surface area contributed by atoms with Crippen LogP contribution in [-0.4, -0.2) is 19.6 Å². The molecule has 3 heteroatoms. The molecule has 0 bridgehead atoms. The normalized spacial score (nSPS) is 20.1. The molecule has 1 aliphatic rings. The van der Waals surface area contributed by atoms with E-state index in [9.17, 15) is 4.79 Å². The molecule has 0 fully saturated rings. The second kappa shape index (κ2) is 5.36. The summed E-state index contributed by atoms with van der Waals surface area (Å²) in [6, 6.07) is 16.4.